The molecule has 2 heterocycles. The second kappa shape index (κ2) is 9.87. The number of carbonyl (C=O) groups excluding carboxylic acids is 1. The van der Waals surface area contributed by atoms with Gasteiger partial charge in [-0.3, -0.25) is 19.8 Å². The van der Waals surface area contributed by atoms with E-state index in [0.717, 1.165) is 81.9 Å². The average Bonchev–Trinajstić information content (AvgIpc) is 3.22. The van der Waals surface area contributed by atoms with Crippen LogP contribution in [-0.4, -0.2) is 46.9 Å². The van der Waals surface area contributed by atoms with Gasteiger partial charge >= 0.3 is 0 Å². The number of nitrogens with zero attached hydrogens (tertiary/aromatic N) is 4. The Labute approximate surface area is 182 Å². The van der Waals surface area contributed by atoms with Gasteiger partial charge < -0.3 is 10.2 Å². The molecule has 0 atom stereocenters. The highest BCUT2D eigenvalue weighted by molar-refractivity contribution is 5.92. The number of hydrogen-bond donors (Lipinski definition) is 1. The maximum absolute atomic E-state index is 12.3. The van der Waals surface area contributed by atoms with E-state index in [0.29, 0.717) is 0 Å². The van der Waals surface area contributed by atoms with Crippen LogP contribution in [0.25, 0.3) is 0 Å². The topological polar surface area (TPSA) is 91.6 Å². The van der Waals surface area contributed by atoms with Crippen LogP contribution in [0.2, 0.25) is 0 Å². The van der Waals surface area contributed by atoms with Crippen molar-refractivity contribution in [3.63, 3.8) is 0 Å². The maximum atomic E-state index is 12.3. The van der Waals surface area contributed by atoms with Gasteiger partial charge in [-0.15, -0.1) is 0 Å². The number of amides is 1. The third kappa shape index (κ3) is 5.58. The summed E-state index contributed by atoms with van der Waals surface area (Å²) in [6.07, 6.45) is 7.04. The van der Waals surface area contributed by atoms with Crippen LogP contribution in [0, 0.1) is 16.0 Å². The van der Waals surface area contributed by atoms with Gasteiger partial charge in [0.25, 0.3) is 5.69 Å². The van der Waals surface area contributed by atoms with Crippen LogP contribution < -0.4 is 10.2 Å². The van der Waals surface area contributed by atoms with Crippen molar-refractivity contribution in [2.75, 3.05) is 36.4 Å². The number of hydrogen-bond acceptors (Lipinski definition) is 6. The van der Waals surface area contributed by atoms with Crippen LogP contribution in [-0.2, 0) is 11.3 Å². The van der Waals surface area contributed by atoms with E-state index in [1.54, 1.807) is 18.3 Å². The zero-order chi connectivity index (χ0) is 21.6. The predicted molar refractivity (Wildman–Crippen MR) is 120 cm³/mol. The van der Waals surface area contributed by atoms with Gasteiger partial charge in [-0.25, -0.2) is 4.98 Å². The monoisotopic (exact) mass is 423 g/mol. The van der Waals surface area contributed by atoms with Gasteiger partial charge in [-0.1, -0.05) is 25.0 Å². The summed E-state index contributed by atoms with van der Waals surface area (Å²) in [6.45, 7) is 4.46. The minimum Gasteiger partial charge on any atom is -0.355 e. The van der Waals surface area contributed by atoms with E-state index in [-0.39, 0.29) is 22.4 Å². The van der Waals surface area contributed by atoms with Crippen molar-refractivity contribution >= 4 is 23.1 Å². The number of rotatable bonds is 6. The molecular weight excluding hydrogens is 394 g/mol. The molecule has 1 aliphatic heterocycles. The van der Waals surface area contributed by atoms with E-state index in [1.807, 2.05) is 24.3 Å². The second-order valence-corrected chi connectivity index (χ2v) is 8.42. The fourth-order valence-corrected chi connectivity index (χ4v) is 4.42. The van der Waals surface area contributed by atoms with Gasteiger partial charge in [0.1, 0.15) is 5.82 Å². The smallest absolute Gasteiger partial charge is 0.269 e. The quantitative estimate of drug-likeness (QED) is 0.561. The molecule has 1 saturated heterocycles. The third-order valence-electron chi connectivity index (χ3n) is 6.21. The lowest BCUT2D eigenvalue weighted by Crippen LogP contribution is -2.31. The molecule has 4 rings (SSSR count). The molecule has 1 aliphatic carbocycles. The molecule has 2 fully saturated rings. The molecule has 1 amide bonds. The minimum absolute atomic E-state index is 0.115. The fraction of sp³-hybridized carbons (Fsp3) is 0.478. The number of pyridine rings is 1. The van der Waals surface area contributed by atoms with Crippen LogP contribution in [0.5, 0.6) is 0 Å². The molecule has 0 bridgehead atoms. The predicted octanol–water partition coefficient (Wildman–Crippen LogP) is 3.83. The van der Waals surface area contributed by atoms with Crippen LogP contribution >= 0.6 is 0 Å². The van der Waals surface area contributed by atoms with E-state index >= 15 is 0 Å². The Balaban J connectivity index is 1.29. The highest BCUT2D eigenvalue weighted by atomic mass is 16.6. The molecule has 0 spiro atoms. The Kier molecular flexibility index (Phi) is 6.76. The largest absolute Gasteiger partial charge is 0.355 e. The Morgan fingerprint density at radius 2 is 1.81 bits per heavy atom. The first-order chi connectivity index (χ1) is 15.1. The number of nitro groups is 1. The first-order valence-corrected chi connectivity index (χ1v) is 11.1. The van der Waals surface area contributed by atoms with Gasteiger partial charge in [-0.2, -0.15) is 0 Å². The molecule has 1 aromatic heterocycles. The number of nitro benzene ring substituents is 1. The van der Waals surface area contributed by atoms with Gasteiger partial charge in [-0.05, 0) is 37.0 Å². The third-order valence-corrected chi connectivity index (χ3v) is 6.21. The Morgan fingerprint density at radius 3 is 2.48 bits per heavy atom. The van der Waals surface area contributed by atoms with Crippen molar-refractivity contribution in [3.05, 3.63) is 58.3 Å². The second-order valence-electron chi connectivity index (χ2n) is 8.42. The van der Waals surface area contributed by atoms with Crippen LogP contribution in [0.15, 0.2) is 42.6 Å². The summed E-state index contributed by atoms with van der Waals surface area (Å²) in [5.41, 5.74) is 1.97. The highest BCUT2D eigenvalue weighted by Crippen LogP contribution is 2.26. The Morgan fingerprint density at radius 1 is 1.03 bits per heavy atom. The molecule has 164 valence electrons. The number of anilines is 2. The van der Waals surface area contributed by atoms with E-state index in [9.17, 15) is 14.9 Å². The summed E-state index contributed by atoms with van der Waals surface area (Å²) in [6, 6.07) is 10.7. The summed E-state index contributed by atoms with van der Waals surface area (Å²) in [5.74, 6) is 1.19. The van der Waals surface area contributed by atoms with Crippen LogP contribution in [0.1, 0.15) is 37.7 Å². The molecule has 2 aromatic rings. The molecule has 1 aromatic carbocycles. The van der Waals surface area contributed by atoms with E-state index in [2.05, 4.69) is 20.1 Å². The average molecular weight is 424 g/mol. The normalized spacial score (nSPS) is 18.0. The minimum atomic E-state index is -0.369. The van der Waals surface area contributed by atoms with Crippen molar-refractivity contribution in [1.29, 1.82) is 0 Å². The van der Waals surface area contributed by atoms with Gasteiger partial charge in [0, 0.05) is 50.8 Å². The summed E-state index contributed by atoms with van der Waals surface area (Å²) in [5, 5.41) is 13.8. The van der Waals surface area contributed by atoms with Crippen molar-refractivity contribution in [2.45, 2.75) is 38.6 Å². The standard InChI is InChI=1S/C23H29N5O3/c29-23(19-4-1-2-5-19)25-20-8-11-22(24-16-20)27-13-3-12-26(14-15-27)17-18-6-9-21(10-7-18)28(30)31/h6-11,16,19H,1-5,12-15,17H2,(H,25,29). The Hall–Kier alpha value is -3.00. The number of nitrogens with one attached hydrogen (secondary N) is 1. The summed E-state index contributed by atoms with van der Waals surface area (Å²) in [7, 11) is 0. The van der Waals surface area contributed by atoms with Crippen molar-refractivity contribution < 1.29 is 9.72 Å². The lowest BCUT2D eigenvalue weighted by atomic mass is 10.1. The van der Waals surface area contributed by atoms with Crippen molar-refractivity contribution in [2.24, 2.45) is 5.92 Å². The summed E-state index contributed by atoms with van der Waals surface area (Å²) in [4.78, 5) is 32.0. The highest BCUT2D eigenvalue weighted by Gasteiger charge is 2.23. The van der Waals surface area contributed by atoms with Crippen molar-refractivity contribution in [3.8, 4) is 0 Å². The van der Waals surface area contributed by atoms with Crippen LogP contribution in [0.3, 0.4) is 0 Å². The first kappa shape index (κ1) is 21.2. The molecule has 0 unspecified atom stereocenters. The van der Waals surface area contributed by atoms with Gasteiger partial charge in [0.15, 0.2) is 0 Å². The van der Waals surface area contributed by atoms with Gasteiger partial charge in [0.2, 0.25) is 5.91 Å². The Bertz CT molecular complexity index is 894. The molecule has 1 N–H and O–H groups in total. The molecule has 1 saturated carbocycles. The lowest BCUT2D eigenvalue weighted by Gasteiger charge is -2.23. The number of aromatic nitrogens is 1. The lowest BCUT2D eigenvalue weighted by molar-refractivity contribution is -0.384. The number of carbonyl (C=O) groups is 1. The summed E-state index contributed by atoms with van der Waals surface area (Å²) >= 11 is 0. The zero-order valence-electron chi connectivity index (χ0n) is 17.7. The SMILES string of the molecule is O=C(Nc1ccc(N2CCCN(Cc3ccc([N+](=O)[O-])cc3)CC2)nc1)C1CCCC1. The molecule has 0 radical (unpaired) electrons. The molecule has 8 nitrogen and oxygen atoms in total. The fourth-order valence-electron chi connectivity index (χ4n) is 4.42. The maximum Gasteiger partial charge on any atom is 0.269 e. The van der Waals surface area contributed by atoms with E-state index in [1.165, 1.54) is 0 Å². The summed E-state index contributed by atoms with van der Waals surface area (Å²) < 4.78 is 0. The zero-order valence-corrected chi connectivity index (χ0v) is 17.7. The van der Waals surface area contributed by atoms with Gasteiger partial charge in [0.05, 0.1) is 16.8 Å². The van der Waals surface area contributed by atoms with Crippen molar-refractivity contribution in [1.82, 2.24) is 9.88 Å². The molecule has 2 aliphatic rings. The van der Waals surface area contributed by atoms with Crippen LogP contribution in [0.4, 0.5) is 17.2 Å². The molecular formula is C23H29N5O3. The first-order valence-electron chi connectivity index (χ1n) is 11.1. The molecule has 8 heteroatoms. The van der Waals surface area contributed by atoms with E-state index < -0.39 is 0 Å². The number of non-ortho nitro benzene ring substituents is 1. The van der Waals surface area contributed by atoms with E-state index in [4.69, 9.17) is 0 Å². The number of benzene rings is 1. The molecule has 31 heavy (non-hydrogen) atoms.